The summed E-state index contributed by atoms with van der Waals surface area (Å²) >= 11 is 1.39. The number of hydrogen-bond acceptors (Lipinski definition) is 4. The highest BCUT2D eigenvalue weighted by Gasteiger charge is 2.10. The fraction of sp³-hybridized carbons (Fsp3) is 0.120. The molecule has 5 nitrogen and oxygen atoms in total. The summed E-state index contributed by atoms with van der Waals surface area (Å²) in [6.07, 6.45) is 0. The van der Waals surface area contributed by atoms with E-state index in [0.717, 1.165) is 0 Å². The number of thiophene rings is 1. The third kappa shape index (κ3) is 5.36. The van der Waals surface area contributed by atoms with Gasteiger partial charge in [0.25, 0.3) is 5.91 Å². The lowest BCUT2D eigenvalue weighted by atomic mass is 10.0. The summed E-state index contributed by atoms with van der Waals surface area (Å²) in [5.74, 6) is -0.222. The number of benzene rings is 3. The summed E-state index contributed by atoms with van der Waals surface area (Å²) in [6.45, 7) is 0.961. The van der Waals surface area contributed by atoms with Crippen molar-refractivity contribution in [2.24, 2.45) is 0 Å². The van der Waals surface area contributed by atoms with Gasteiger partial charge in [-0.15, -0.1) is 11.3 Å². The van der Waals surface area contributed by atoms with Crippen molar-refractivity contribution >= 4 is 45.3 Å². The highest BCUT2D eigenvalue weighted by molar-refractivity contribution is 7.12. The number of hydrogen-bond donors (Lipinski definition) is 2. The summed E-state index contributed by atoms with van der Waals surface area (Å²) < 4.78 is 0. The van der Waals surface area contributed by atoms with Crippen LogP contribution in [0.15, 0.2) is 84.2 Å². The fourth-order valence-corrected chi connectivity index (χ4v) is 4.08. The monoisotopic (exact) mass is 429 g/mol. The minimum absolute atomic E-state index is 0.0851. The van der Waals surface area contributed by atoms with E-state index in [9.17, 15) is 9.59 Å². The molecule has 3 aromatic carbocycles. The van der Waals surface area contributed by atoms with E-state index < -0.39 is 0 Å². The normalized spacial score (nSPS) is 10.9. The molecule has 0 spiro atoms. The molecule has 1 heterocycles. The first-order valence-corrected chi connectivity index (χ1v) is 10.9. The minimum Gasteiger partial charge on any atom is -0.325 e. The molecule has 0 saturated heterocycles. The number of likely N-dealkylation sites (N-methyl/N-ethyl adjacent to an activating group) is 1. The molecule has 0 aliphatic heterocycles. The van der Waals surface area contributed by atoms with E-state index in [1.54, 1.807) is 30.3 Å². The largest absolute Gasteiger partial charge is 0.325 e. The highest BCUT2D eigenvalue weighted by atomic mass is 32.1. The van der Waals surface area contributed by atoms with Crippen LogP contribution in [0.3, 0.4) is 0 Å². The lowest BCUT2D eigenvalue weighted by molar-refractivity contribution is -0.117. The molecule has 2 N–H and O–H groups in total. The number of rotatable bonds is 7. The third-order valence-electron chi connectivity index (χ3n) is 4.91. The first-order chi connectivity index (χ1) is 15.1. The molecule has 1 aromatic heterocycles. The SMILES string of the molecule is CN(CC(=O)Nc1ccc(NC(=O)c2cccs2)cc1)Cc1cccc2ccccc12. The van der Waals surface area contributed by atoms with Gasteiger partial charge in [0, 0.05) is 17.9 Å². The Hall–Kier alpha value is -3.48. The Kier molecular flexibility index (Phi) is 6.40. The van der Waals surface area contributed by atoms with Crippen molar-refractivity contribution in [2.45, 2.75) is 6.54 Å². The van der Waals surface area contributed by atoms with Gasteiger partial charge >= 0.3 is 0 Å². The predicted octanol–water partition coefficient (Wildman–Crippen LogP) is 5.22. The summed E-state index contributed by atoms with van der Waals surface area (Å²) in [6, 6.07) is 25.3. The average molecular weight is 430 g/mol. The second kappa shape index (κ2) is 9.55. The van der Waals surface area contributed by atoms with Crippen LogP contribution >= 0.6 is 11.3 Å². The van der Waals surface area contributed by atoms with Crippen LogP contribution < -0.4 is 10.6 Å². The van der Waals surface area contributed by atoms with Gasteiger partial charge in [-0.2, -0.15) is 0 Å². The topological polar surface area (TPSA) is 61.4 Å². The van der Waals surface area contributed by atoms with E-state index in [2.05, 4.69) is 34.9 Å². The van der Waals surface area contributed by atoms with E-state index in [-0.39, 0.29) is 18.4 Å². The minimum atomic E-state index is -0.137. The van der Waals surface area contributed by atoms with Crippen LogP contribution in [0.1, 0.15) is 15.2 Å². The molecule has 4 aromatic rings. The fourth-order valence-electron chi connectivity index (χ4n) is 3.46. The zero-order valence-corrected chi connectivity index (χ0v) is 18.0. The van der Waals surface area contributed by atoms with Gasteiger partial charge in [0.1, 0.15) is 0 Å². The van der Waals surface area contributed by atoms with Gasteiger partial charge in [-0.3, -0.25) is 14.5 Å². The molecule has 0 saturated carbocycles. The van der Waals surface area contributed by atoms with Crippen LogP contribution in [0.2, 0.25) is 0 Å². The number of fused-ring (bicyclic) bond motifs is 1. The number of nitrogens with one attached hydrogen (secondary N) is 2. The molecule has 31 heavy (non-hydrogen) atoms. The van der Waals surface area contributed by atoms with Gasteiger partial charge in [-0.1, -0.05) is 48.5 Å². The molecule has 6 heteroatoms. The summed E-state index contributed by atoms with van der Waals surface area (Å²) in [4.78, 5) is 27.2. The standard InChI is InChI=1S/C25H23N3O2S/c1-28(16-19-8-4-7-18-6-2-3-9-22(18)19)17-24(29)26-20-11-13-21(14-12-20)27-25(30)23-10-5-15-31-23/h2-15H,16-17H2,1H3,(H,26,29)(H,27,30). The van der Waals surface area contributed by atoms with Crippen molar-refractivity contribution in [3.63, 3.8) is 0 Å². The van der Waals surface area contributed by atoms with E-state index in [1.165, 1.54) is 27.7 Å². The summed E-state index contributed by atoms with van der Waals surface area (Å²) in [5.41, 5.74) is 2.57. The molecule has 0 atom stereocenters. The molecular weight excluding hydrogens is 406 g/mol. The van der Waals surface area contributed by atoms with Gasteiger partial charge in [0.2, 0.25) is 5.91 Å². The lowest BCUT2D eigenvalue weighted by Gasteiger charge is -2.18. The van der Waals surface area contributed by atoms with Crippen molar-refractivity contribution in [3.05, 3.63) is 94.7 Å². The van der Waals surface area contributed by atoms with Crippen LogP contribution in [-0.4, -0.2) is 30.3 Å². The molecule has 2 amide bonds. The lowest BCUT2D eigenvalue weighted by Crippen LogP contribution is -2.29. The zero-order valence-electron chi connectivity index (χ0n) is 17.2. The highest BCUT2D eigenvalue weighted by Crippen LogP contribution is 2.20. The maximum Gasteiger partial charge on any atom is 0.265 e. The molecule has 0 radical (unpaired) electrons. The number of carbonyl (C=O) groups is 2. The van der Waals surface area contributed by atoms with Crippen LogP contribution in [0.25, 0.3) is 10.8 Å². The summed E-state index contributed by atoms with van der Waals surface area (Å²) in [5, 5.41) is 10.0. The Morgan fingerprint density at radius 3 is 2.29 bits per heavy atom. The van der Waals surface area contributed by atoms with Crippen LogP contribution in [0, 0.1) is 0 Å². The van der Waals surface area contributed by atoms with Gasteiger partial charge in [-0.25, -0.2) is 0 Å². The number of carbonyl (C=O) groups excluding carboxylic acids is 2. The molecule has 0 fully saturated rings. The van der Waals surface area contributed by atoms with E-state index in [0.29, 0.717) is 22.8 Å². The van der Waals surface area contributed by atoms with Gasteiger partial charge in [-0.05, 0) is 59.1 Å². The van der Waals surface area contributed by atoms with Crippen LogP contribution in [0.5, 0.6) is 0 Å². The maximum absolute atomic E-state index is 12.5. The molecule has 156 valence electrons. The van der Waals surface area contributed by atoms with E-state index in [1.807, 2.05) is 41.6 Å². The quantitative estimate of drug-likeness (QED) is 0.423. The number of nitrogens with zero attached hydrogens (tertiary/aromatic N) is 1. The van der Waals surface area contributed by atoms with E-state index >= 15 is 0 Å². The van der Waals surface area contributed by atoms with Gasteiger partial charge in [0.15, 0.2) is 0 Å². The molecule has 0 aliphatic rings. The second-order valence-corrected chi connectivity index (χ2v) is 8.32. The Morgan fingerprint density at radius 2 is 1.55 bits per heavy atom. The first-order valence-electron chi connectivity index (χ1n) is 9.98. The predicted molar refractivity (Wildman–Crippen MR) is 128 cm³/mol. The van der Waals surface area contributed by atoms with Gasteiger partial charge in [0.05, 0.1) is 11.4 Å². The van der Waals surface area contributed by atoms with Crippen LogP contribution in [-0.2, 0) is 11.3 Å². The third-order valence-corrected chi connectivity index (χ3v) is 5.77. The van der Waals surface area contributed by atoms with Crippen molar-refractivity contribution in [2.75, 3.05) is 24.2 Å². The van der Waals surface area contributed by atoms with Crippen molar-refractivity contribution in [1.82, 2.24) is 4.90 Å². The molecule has 0 bridgehead atoms. The van der Waals surface area contributed by atoms with Gasteiger partial charge < -0.3 is 10.6 Å². The Morgan fingerprint density at radius 1 is 0.839 bits per heavy atom. The molecule has 0 aliphatic carbocycles. The number of anilines is 2. The Balaban J connectivity index is 1.31. The smallest absolute Gasteiger partial charge is 0.265 e. The maximum atomic E-state index is 12.5. The second-order valence-electron chi connectivity index (χ2n) is 7.37. The van der Waals surface area contributed by atoms with Crippen molar-refractivity contribution < 1.29 is 9.59 Å². The van der Waals surface area contributed by atoms with Crippen LogP contribution in [0.4, 0.5) is 11.4 Å². The van der Waals surface area contributed by atoms with E-state index in [4.69, 9.17) is 0 Å². The Labute approximate surface area is 185 Å². The molecule has 0 unspecified atom stereocenters. The first kappa shape index (κ1) is 20.8. The number of amides is 2. The average Bonchev–Trinajstić information content (AvgIpc) is 3.30. The zero-order chi connectivity index (χ0) is 21.6. The summed E-state index contributed by atoms with van der Waals surface area (Å²) in [7, 11) is 1.94. The molecular formula is C25H23N3O2S. The molecule has 4 rings (SSSR count). The van der Waals surface area contributed by atoms with Crippen molar-refractivity contribution in [1.29, 1.82) is 0 Å². The Bertz CT molecular complexity index is 1180. The van der Waals surface area contributed by atoms with Crippen molar-refractivity contribution in [3.8, 4) is 0 Å².